The largest absolute Gasteiger partial charge is 0.481 e. The summed E-state index contributed by atoms with van der Waals surface area (Å²) in [5.41, 5.74) is 1.10. The molecule has 130 valence electrons. The van der Waals surface area contributed by atoms with E-state index in [0.717, 1.165) is 19.3 Å². The van der Waals surface area contributed by atoms with E-state index in [-0.39, 0.29) is 11.8 Å². The van der Waals surface area contributed by atoms with E-state index in [1.165, 1.54) is 0 Å². The van der Waals surface area contributed by atoms with Crippen LogP contribution in [-0.2, 0) is 9.59 Å². The molecule has 3 N–H and O–H groups in total. The first-order chi connectivity index (χ1) is 11.5. The first-order valence-electron chi connectivity index (χ1n) is 8.45. The number of carboxylic acid groups (broad SMARTS) is 1. The maximum Gasteiger partial charge on any atom is 0.307 e. The topological polar surface area (TPSA) is 95.5 Å². The number of hydrogen-bond donors (Lipinski definition) is 3. The van der Waals surface area contributed by atoms with E-state index in [1.807, 2.05) is 6.92 Å². The summed E-state index contributed by atoms with van der Waals surface area (Å²) in [5, 5.41) is 14.8. The first-order valence-corrected chi connectivity index (χ1v) is 8.45. The van der Waals surface area contributed by atoms with Gasteiger partial charge in [-0.05, 0) is 43.5 Å². The van der Waals surface area contributed by atoms with Crippen LogP contribution in [-0.4, -0.2) is 29.4 Å². The number of amides is 2. The summed E-state index contributed by atoms with van der Waals surface area (Å²) in [6, 6.07) is 6.63. The number of carbonyl (C=O) groups is 3. The highest BCUT2D eigenvalue weighted by atomic mass is 16.4. The molecule has 1 aromatic carbocycles. The van der Waals surface area contributed by atoms with Gasteiger partial charge in [-0.2, -0.15) is 0 Å². The van der Waals surface area contributed by atoms with Gasteiger partial charge in [-0.25, -0.2) is 0 Å². The minimum atomic E-state index is -0.905. The van der Waals surface area contributed by atoms with Gasteiger partial charge in [0, 0.05) is 17.8 Å². The summed E-state index contributed by atoms with van der Waals surface area (Å²) in [4.78, 5) is 35.5. The van der Waals surface area contributed by atoms with Crippen LogP contribution >= 0.6 is 0 Å². The van der Waals surface area contributed by atoms with Crippen LogP contribution in [0.5, 0.6) is 0 Å². The average molecular weight is 332 g/mol. The van der Waals surface area contributed by atoms with Crippen molar-refractivity contribution < 1.29 is 19.5 Å². The Labute approximate surface area is 141 Å². The molecule has 0 aliphatic heterocycles. The van der Waals surface area contributed by atoms with Crippen molar-refractivity contribution >= 4 is 23.5 Å². The molecule has 1 aliphatic carbocycles. The van der Waals surface area contributed by atoms with Gasteiger partial charge in [-0.15, -0.1) is 0 Å². The molecule has 0 radical (unpaired) electrons. The second-order valence-corrected chi connectivity index (χ2v) is 6.16. The highest BCUT2D eigenvalue weighted by Crippen LogP contribution is 2.31. The summed E-state index contributed by atoms with van der Waals surface area (Å²) in [5.74, 6) is -2.42. The van der Waals surface area contributed by atoms with Gasteiger partial charge in [0.1, 0.15) is 0 Å². The highest BCUT2D eigenvalue weighted by Gasteiger charge is 2.35. The van der Waals surface area contributed by atoms with Crippen molar-refractivity contribution in [3.05, 3.63) is 29.8 Å². The minimum absolute atomic E-state index is 0.145. The van der Waals surface area contributed by atoms with Gasteiger partial charge in [-0.1, -0.05) is 19.8 Å². The average Bonchev–Trinajstić information content (AvgIpc) is 2.60. The lowest BCUT2D eigenvalue weighted by atomic mass is 9.78. The van der Waals surface area contributed by atoms with Crippen molar-refractivity contribution in [3.63, 3.8) is 0 Å². The molecule has 0 saturated heterocycles. The third-order valence-corrected chi connectivity index (χ3v) is 4.37. The van der Waals surface area contributed by atoms with Crippen LogP contribution in [0.15, 0.2) is 24.3 Å². The molecule has 2 amide bonds. The molecule has 0 spiro atoms. The van der Waals surface area contributed by atoms with Crippen molar-refractivity contribution in [2.24, 2.45) is 11.8 Å². The second-order valence-electron chi connectivity index (χ2n) is 6.16. The molecule has 0 heterocycles. The van der Waals surface area contributed by atoms with E-state index in [1.54, 1.807) is 24.3 Å². The molecule has 1 fully saturated rings. The lowest BCUT2D eigenvalue weighted by molar-refractivity contribution is -0.147. The number of carbonyl (C=O) groups excluding carboxylic acids is 2. The Balaban J connectivity index is 1.98. The molecule has 1 aromatic rings. The van der Waals surface area contributed by atoms with Gasteiger partial charge < -0.3 is 15.7 Å². The summed E-state index contributed by atoms with van der Waals surface area (Å²) in [7, 11) is 0. The van der Waals surface area contributed by atoms with Crippen molar-refractivity contribution in [1.82, 2.24) is 5.32 Å². The van der Waals surface area contributed by atoms with Crippen LogP contribution < -0.4 is 10.6 Å². The SMILES string of the molecule is CCCNC(=O)c1ccc(NC(=O)[C@@H]2CCCC[C@H]2C(=O)O)cc1. The Morgan fingerprint density at radius 3 is 2.29 bits per heavy atom. The standard InChI is InChI=1S/C18H24N2O4/c1-2-11-19-16(21)12-7-9-13(10-8-12)20-17(22)14-5-3-4-6-15(14)18(23)24/h7-10,14-15H,2-6,11H2,1H3,(H,19,21)(H,20,22)(H,23,24)/t14-,15-/m1/s1. The maximum atomic E-state index is 12.4. The Hall–Kier alpha value is -2.37. The van der Waals surface area contributed by atoms with E-state index < -0.39 is 17.8 Å². The molecule has 1 saturated carbocycles. The van der Waals surface area contributed by atoms with Gasteiger partial charge in [0.25, 0.3) is 5.91 Å². The third kappa shape index (κ3) is 4.57. The van der Waals surface area contributed by atoms with E-state index in [2.05, 4.69) is 10.6 Å². The zero-order valence-corrected chi connectivity index (χ0v) is 13.9. The molecule has 2 atom stereocenters. The lowest BCUT2D eigenvalue weighted by Gasteiger charge is -2.27. The Kier molecular flexibility index (Phi) is 6.35. The molecule has 0 bridgehead atoms. The molecule has 0 unspecified atom stereocenters. The molecule has 24 heavy (non-hydrogen) atoms. The predicted molar refractivity (Wildman–Crippen MR) is 90.8 cm³/mol. The highest BCUT2D eigenvalue weighted by molar-refractivity contribution is 5.97. The van der Waals surface area contributed by atoms with Gasteiger partial charge >= 0.3 is 5.97 Å². The van der Waals surface area contributed by atoms with Gasteiger partial charge in [0.15, 0.2) is 0 Å². The number of carboxylic acids is 1. The number of benzene rings is 1. The zero-order chi connectivity index (χ0) is 17.5. The van der Waals surface area contributed by atoms with E-state index in [0.29, 0.717) is 30.6 Å². The fourth-order valence-electron chi connectivity index (χ4n) is 3.02. The molecule has 2 rings (SSSR count). The summed E-state index contributed by atoms with van der Waals surface area (Å²) in [6.07, 6.45) is 3.73. The van der Waals surface area contributed by atoms with E-state index >= 15 is 0 Å². The molecular formula is C18H24N2O4. The zero-order valence-electron chi connectivity index (χ0n) is 13.9. The molecular weight excluding hydrogens is 308 g/mol. The number of nitrogens with one attached hydrogen (secondary N) is 2. The smallest absolute Gasteiger partial charge is 0.307 e. The number of hydrogen-bond acceptors (Lipinski definition) is 3. The first kappa shape index (κ1) is 18.0. The Morgan fingerprint density at radius 1 is 1.08 bits per heavy atom. The monoisotopic (exact) mass is 332 g/mol. The summed E-state index contributed by atoms with van der Waals surface area (Å²) in [6.45, 7) is 2.60. The number of anilines is 1. The Morgan fingerprint density at radius 2 is 1.71 bits per heavy atom. The summed E-state index contributed by atoms with van der Waals surface area (Å²) < 4.78 is 0. The van der Waals surface area contributed by atoms with Crippen molar-refractivity contribution in [1.29, 1.82) is 0 Å². The molecule has 1 aliphatic rings. The van der Waals surface area contributed by atoms with E-state index in [4.69, 9.17) is 0 Å². The lowest BCUT2D eigenvalue weighted by Crippen LogP contribution is -2.36. The van der Waals surface area contributed by atoms with Crippen LogP contribution in [0.4, 0.5) is 5.69 Å². The van der Waals surface area contributed by atoms with Crippen LogP contribution in [0.25, 0.3) is 0 Å². The van der Waals surface area contributed by atoms with Crippen LogP contribution in [0, 0.1) is 11.8 Å². The summed E-state index contributed by atoms with van der Waals surface area (Å²) >= 11 is 0. The predicted octanol–water partition coefficient (Wildman–Crippen LogP) is 2.66. The maximum absolute atomic E-state index is 12.4. The minimum Gasteiger partial charge on any atom is -0.481 e. The second kappa shape index (κ2) is 8.47. The van der Waals surface area contributed by atoms with Gasteiger partial charge in [0.2, 0.25) is 5.91 Å². The Bertz CT molecular complexity index is 598. The van der Waals surface area contributed by atoms with Crippen molar-refractivity contribution in [2.45, 2.75) is 39.0 Å². The van der Waals surface area contributed by atoms with Gasteiger partial charge in [-0.3, -0.25) is 14.4 Å². The van der Waals surface area contributed by atoms with Crippen molar-refractivity contribution in [3.8, 4) is 0 Å². The van der Waals surface area contributed by atoms with E-state index in [9.17, 15) is 19.5 Å². The fraction of sp³-hybridized carbons (Fsp3) is 0.500. The van der Waals surface area contributed by atoms with Crippen LogP contribution in [0.3, 0.4) is 0 Å². The fourth-order valence-corrected chi connectivity index (χ4v) is 3.02. The van der Waals surface area contributed by atoms with Crippen molar-refractivity contribution in [2.75, 3.05) is 11.9 Å². The molecule has 6 nitrogen and oxygen atoms in total. The van der Waals surface area contributed by atoms with Gasteiger partial charge in [0.05, 0.1) is 11.8 Å². The van der Waals surface area contributed by atoms with Crippen LogP contribution in [0.1, 0.15) is 49.4 Å². The quantitative estimate of drug-likeness (QED) is 0.746. The van der Waals surface area contributed by atoms with Crippen LogP contribution in [0.2, 0.25) is 0 Å². The molecule has 0 aromatic heterocycles. The molecule has 6 heteroatoms. The third-order valence-electron chi connectivity index (χ3n) is 4.37. The normalized spacial score (nSPS) is 20.2. The number of aliphatic carboxylic acids is 1. The number of rotatable bonds is 6.